The molecule has 5 rings (SSSR count). The van der Waals surface area contributed by atoms with Crippen LogP contribution in [0.3, 0.4) is 0 Å². The van der Waals surface area contributed by atoms with Gasteiger partial charge in [0, 0.05) is 39.8 Å². The zero-order valence-corrected chi connectivity index (χ0v) is 32.9. The summed E-state index contributed by atoms with van der Waals surface area (Å²) in [6.45, 7) is 10.8. The van der Waals surface area contributed by atoms with E-state index in [0.29, 0.717) is 0 Å². The number of esters is 7. The monoisotopic (exact) mass is 791 g/mol. The number of aliphatic hydroxyl groups is 2. The van der Waals surface area contributed by atoms with Gasteiger partial charge >= 0.3 is 41.8 Å². The van der Waals surface area contributed by atoms with E-state index in [9.17, 15) is 43.8 Å². The predicted octanol–water partition coefficient (Wildman–Crippen LogP) is 1.10. The van der Waals surface area contributed by atoms with Gasteiger partial charge in [-0.15, -0.1) is 0 Å². The van der Waals surface area contributed by atoms with E-state index >= 15 is 0 Å². The van der Waals surface area contributed by atoms with Crippen LogP contribution in [0.4, 0.5) is 0 Å². The van der Waals surface area contributed by atoms with Crippen molar-refractivity contribution < 1.29 is 81.7 Å². The lowest BCUT2D eigenvalue weighted by atomic mass is 9.45. The molecule has 3 heterocycles. The van der Waals surface area contributed by atoms with E-state index in [0.717, 1.165) is 34.6 Å². The van der Waals surface area contributed by atoms with Crippen LogP contribution in [0, 0.1) is 23.2 Å². The van der Waals surface area contributed by atoms with Crippen molar-refractivity contribution >= 4 is 41.8 Å². The molecule has 18 nitrogen and oxygen atoms in total. The molecule has 13 unspecified atom stereocenters. The fourth-order valence-electron chi connectivity index (χ4n) is 9.04. The average Bonchev–Trinajstić information content (AvgIpc) is 3.32. The van der Waals surface area contributed by atoms with E-state index in [-0.39, 0.29) is 11.3 Å². The minimum Gasteiger partial charge on any atom is -0.465 e. The number of aliphatic hydroxyl groups excluding tert-OH is 1. The number of aromatic nitrogens is 1. The molecular formula is C38H49NO17. The molecule has 1 spiro atoms. The Morgan fingerprint density at radius 1 is 0.893 bits per heavy atom. The number of hydrogen-bond acceptors (Lipinski definition) is 18. The van der Waals surface area contributed by atoms with Crippen molar-refractivity contribution in [2.75, 3.05) is 13.2 Å². The van der Waals surface area contributed by atoms with Crippen LogP contribution >= 0.6 is 0 Å². The van der Waals surface area contributed by atoms with Crippen LogP contribution in [0.25, 0.3) is 0 Å². The number of fused-ring (bicyclic) bond motifs is 5. The molecule has 13 atom stereocenters. The molecule has 2 N–H and O–H groups in total. The molecule has 3 fully saturated rings. The number of nitrogens with zero attached hydrogens (tertiary/aromatic N) is 1. The van der Waals surface area contributed by atoms with Gasteiger partial charge < -0.3 is 48.1 Å². The van der Waals surface area contributed by atoms with Gasteiger partial charge in [0.15, 0.2) is 17.8 Å². The standard InChI is InChI=1S/C38H49NO17/c1-16(2)32(45)54-27-24-28(51-20(6)41)38-36(10,48)29(26(44)30(52-21(7)42)37(38,15-49-19(5)40)31(27)53-22(8)43)55-33(46)18(4)17(3)25-23(12-11-13-39-25)34(47)50-14-35(24,9)56-38/h11-13,16-18,24,26-31,44,48H,14-15H2,1-10H3. The topological polar surface area (TPSA) is 247 Å². The van der Waals surface area contributed by atoms with Crippen molar-refractivity contribution in [3.63, 3.8) is 0 Å². The van der Waals surface area contributed by atoms with E-state index in [1.54, 1.807) is 6.92 Å². The predicted molar refractivity (Wildman–Crippen MR) is 185 cm³/mol. The van der Waals surface area contributed by atoms with Crippen LogP contribution in [0.1, 0.15) is 91.2 Å². The zero-order valence-electron chi connectivity index (χ0n) is 32.9. The SMILES string of the molecule is CC(=O)OCC12C(OC(C)=O)C(O)C3OC(=O)C(C)C(C)c4ncccc4C(=O)OCC4(C)OC1(C(OC(C)=O)C4C(OC(=O)C(C)C)C2OC(C)=O)C3(C)O. The Morgan fingerprint density at radius 2 is 1.48 bits per heavy atom. The summed E-state index contributed by atoms with van der Waals surface area (Å²) >= 11 is 0. The Morgan fingerprint density at radius 3 is 2.05 bits per heavy atom. The Balaban J connectivity index is 1.97. The molecule has 4 aliphatic rings. The van der Waals surface area contributed by atoms with Crippen molar-refractivity contribution in [1.29, 1.82) is 0 Å². The molecule has 2 saturated carbocycles. The highest BCUT2D eigenvalue weighted by molar-refractivity contribution is 5.91. The Bertz CT molecular complexity index is 1790. The molecule has 18 heteroatoms. The van der Waals surface area contributed by atoms with Gasteiger partial charge in [0.2, 0.25) is 0 Å². The molecule has 1 aromatic rings. The molecule has 56 heavy (non-hydrogen) atoms. The molecule has 0 amide bonds. The summed E-state index contributed by atoms with van der Waals surface area (Å²) in [6, 6.07) is 2.92. The lowest BCUT2D eigenvalue weighted by Crippen LogP contribution is -2.89. The van der Waals surface area contributed by atoms with Gasteiger partial charge in [0.25, 0.3) is 0 Å². The fourth-order valence-corrected chi connectivity index (χ4v) is 9.04. The summed E-state index contributed by atoms with van der Waals surface area (Å²) < 4.78 is 48.4. The number of carbonyl (C=O) groups excluding carboxylic acids is 7. The number of pyridine rings is 1. The number of rotatable bonds is 7. The van der Waals surface area contributed by atoms with Crippen LogP contribution < -0.4 is 0 Å². The first-order chi connectivity index (χ1) is 26.0. The maximum Gasteiger partial charge on any atom is 0.340 e. The summed E-state index contributed by atoms with van der Waals surface area (Å²) in [4.78, 5) is 98.3. The van der Waals surface area contributed by atoms with Crippen molar-refractivity contribution in [3.8, 4) is 0 Å². The van der Waals surface area contributed by atoms with Gasteiger partial charge in [-0.2, -0.15) is 0 Å². The number of hydrogen-bond donors (Lipinski definition) is 2. The molecule has 0 aromatic carbocycles. The van der Waals surface area contributed by atoms with E-state index in [2.05, 4.69) is 4.98 Å². The Hall–Kier alpha value is -4.68. The molecular weight excluding hydrogens is 742 g/mol. The second-order valence-electron chi connectivity index (χ2n) is 15.7. The minimum absolute atomic E-state index is 0.0251. The molecule has 2 aliphatic carbocycles. The van der Waals surface area contributed by atoms with Crippen LogP contribution in [0.5, 0.6) is 0 Å². The molecule has 0 radical (unpaired) electrons. The van der Waals surface area contributed by atoms with E-state index in [1.807, 2.05) is 0 Å². The zero-order chi connectivity index (χ0) is 41.9. The second-order valence-corrected chi connectivity index (χ2v) is 15.7. The molecule has 1 saturated heterocycles. The van der Waals surface area contributed by atoms with Gasteiger partial charge in [-0.1, -0.05) is 27.7 Å². The van der Waals surface area contributed by atoms with Crippen LogP contribution in [0.2, 0.25) is 0 Å². The third-order valence-electron chi connectivity index (χ3n) is 11.6. The summed E-state index contributed by atoms with van der Waals surface area (Å²) in [5, 5.41) is 25.6. The highest BCUT2D eigenvalue weighted by Gasteiger charge is 2.91. The van der Waals surface area contributed by atoms with E-state index in [1.165, 1.54) is 46.0 Å². The molecule has 4 bridgehead atoms. The van der Waals surface area contributed by atoms with Crippen molar-refractivity contribution in [3.05, 3.63) is 29.6 Å². The summed E-state index contributed by atoms with van der Waals surface area (Å²) in [5.41, 5.74) is -9.94. The lowest BCUT2D eigenvalue weighted by Gasteiger charge is -2.67. The number of ether oxygens (including phenoxy) is 8. The largest absolute Gasteiger partial charge is 0.465 e. The number of cyclic esters (lactones) is 1. The van der Waals surface area contributed by atoms with Crippen molar-refractivity contribution in [2.45, 2.75) is 129 Å². The lowest BCUT2D eigenvalue weighted by molar-refractivity contribution is -0.386. The summed E-state index contributed by atoms with van der Waals surface area (Å²) in [6.07, 6.45) is -10.7. The smallest absolute Gasteiger partial charge is 0.340 e. The van der Waals surface area contributed by atoms with Gasteiger partial charge in [-0.3, -0.25) is 33.8 Å². The van der Waals surface area contributed by atoms with E-state index in [4.69, 9.17) is 37.9 Å². The maximum absolute atomic E-state index is 14.2. The average molecular weight is 792 g/mol. The maximum atomic E-state index is 14.2. The minimum atomic E-state index is -2.78. The molecule has 2 aliphatic heterocycles. The number of carbonyl (C=O) groups is 7. The Labute approximate surface area is 322 Å². The Kier molecular flexibility index (Phi) is 11.4. The highest BCUT2D eigenvalue weighted by Crippen LogP contribution is 2.70. The van der Waals surface area contributed by atoms with Gasteiger partial charge in [0.05, 0.1) is 29.0 Å². The first kappa shape index (κ1) is 42.5. The van der Waals surface area contributed by atoms with Gasteiger partial charge in [0.1, 0.15) is 54.2 Å². The third-order valence-corrected chi connectivity index (χ3v) is 11.6. The second kappa shape index (κ2) is 15.0. The van der Waals surface area contributed by atoms with Gasteiger partial charge in [-0.25, -0.2) is 4.79 Å². The highest BCUT2D eigenvalue weighted by atomic mass is 16.7. The van der Waals surface area contributed by atoms with Crippen molar-refractivity contribution in [1.82, 2.24) is 4.98 Å². The first-order valence-electron chi connectivity index (χ1n) is 18.3. The summed E-state index contributed by atoms with van der Waals surface area (Å²) in [7, 11) is 0. The van der Waals surface area contributed by atoms with Crippen LogP contribution in [-0.2, 0) is 66.7 Å². The third kappa shape index (κ3) is 6.58. The quantitative estimate of drug-likeness (QED) is 0.290. The fraction of sp³-hybridized carbons (Fsp3) is 0.684. The van der Waals surface area contributed by atoms with Crippen molar-refractivity contribution in [2.24, 2.45) is 23.2 Å². The summed E-state index contributed by atoms with van der Waals surface area (Å²) in [5.74, 6) is -11.1. The van der Waals surface area contributed by atoms with Crippen LogP contribution in [0.15, 0.2) is 18.3 Å². The first-order valence-corrected chi connectivity index (χ1v) is 18.3. The molecule has 1 aromatic heterocycles. The van der Waals surface area contributed by atoms with E-state index < -0.39 is 138 Å². The van der Waals surface area contributed by atoms with Gasteiger partial charge in [-0.05, 0) is 26.0 Å². The van der Waals surface area contributed by atoms with Crippen LogP contribution in [-0.4, -0.2) is 124 Å². The normalized spacial score (nSPS) is 38.9. The molecule has 308 valence electrons.